The molecule has 0 aromatic carbocycles. The predicted molar refractivity (Wildman–Crippen MR) is 40.2 cm³/mol. The number of rotatable bonds is 3. The third kappa shape index (κ3) is 2.50. The van der Waals surface area contributed by atoms with E-state index in [2.05, 4.69) is 5.10 Å². The summed E-state index contributed by atoms with van der Waals surface area (Å²) >= 11 is 0. The van der Waals surface area contributed by atoms with Crippen molar-refractivity contribution in [1.29, 1.82) is 0 Å². The number of hydrogen-bond donors (Lipinski definition) is 1. The van der Waals surface area contributed by atoms with Gasteiger partial charge in [0.25, 0.3) is 0 Å². The highest BCUT2D eigenvalue weighted by Gasteiger charge is 2.48. The fraction of sp³-hybridized carbons (Fsp3) is 0.429. The molecular formula is C7H4F6N2O2. The molecule has 0 aliphatic rings. The summed E-state index contributed by atoms with van der Waals surface area (Å²) in [6, 6.07) is 0. The summed E-state index contributed by atoms with van der Waals surface area (Å²) < 4.78 is 73.3. The van der Waals surface area contributed by atoms with Gasteiger partial charge >= 0.3 is 12.1 Å². The normalized spacial score (nSPS) is 15.6. The molecule has 0 amide bonds. The molecular weight excluding hydrogens is 258 g/mol. The van der Waals surface area contributed by atoms with Gasteiger partial charge in [-0.3, -0.25) is 0 Å². The second-order valence-corrected chi connectivity index (χ2v) is 2.91. The van der Waals surface area contributed by atoms with Crippen LogP contribution in [0.2, 0.25) is 0 Å². The van der Waals surface area contributed by atoms with E-state index in [1.54, 1.807) is 0 Å². The molecule has 0 aliphatic carbocycles. The van der Waals surface area contributed by atoms with Crippen molar-refractivity contribution < 1.29 is 36.2 Å². The maximum absolute atomic E-state index is 13.0. The standard InChI is InChI=1S/C7H4F6N2O2/c8-2-1-14-15(3(2)6(16)17)5(10)4(9)7(11,12)13/h1,4-5H,(H,16,17). The molecule has 2 atom stereocenters. The average Bonchev–Trinajstić information content (AvgIpc) is 2.56. The lowest BCUT2D eigenvalue weighted by molar-refractivity contribution is -0.207. The molecule has 0 bridgehead atoms. The smallest absolute Gasteiger partial charge is 0.424 e. The van der Waals surface area contributed by atoms with Gasteiger partial charge < -0.3 is 5.11 Å². The molecule has 1 aromatic heterocycles. The first-order valence-corrected chi connectivity index (χ1v) is 3.97. The van der Waals surface area contributed by atoms with Gasteiger partial charge in [0.2, 0.25) is 12.5 Å². The van der Waals surface area contributed by atoms with Crippen LogP contribution in [-0.2, 0) is 0 Å². The topological polar surface area (TPSA) is 55.1 Å². The Balaban J connectivity index is 3.13. The second-order valence-electron chi connectivity index (χ2n) is 2.91. The Morgan fingerprint density at radius 1 is 1.41 bits per heavy atom. The van der Waals surface area contributed by atoms with Gasteiger partial charge in [-0.15, -0.1) is 0 Å². The van der Waals surface area contributed by atoms with Crippen molar-refractivity contribution in [3.05, 3.63) is 17.7 Å². The number of nitrogens with zero attached hydrogens (tertiary/aromatic N) is 2. The molecule has 17 heavy (non-hydrogen) atoms. The summed E-state index contributed by atoms with van der Waals surface area (Å²) in [5.74, 6) is -3.62. The van der Waals surface area contributed by atoms with Crippen molar-refractivity contribution in [2.24, 2.45) is 0 Å². The van der Waals surface area contributed by atoms with Gasteiger partial charge in [-0.25, -0.2) is 22.6 Å². The molecule has 10 heteroatoms. The summed E-state index contributed by atoms with van der Waals surface area (Å²) in [5.41, 5.74) is -1.48. The Morgan fingerprint density at radius 3 is 2.35 bits per heavy atom. The molecule has 2 unspecified atom stereocenters. The summed E-state index contributed by atoms with van der Waals surface area (Å²) in [4.78, 5) is 10.4. The first-order chi connectivity index (χ1) is 7.66. The molecule has 96 valence electrons. The highest BCUT2D eigenvalue weighted by atomic mass is 19.4. The molecule has 1 N–H and O–H groups in total. The zero-order valence-electron chi connectivity index (χ0n) is 7.75. The molecule has 4 nitrogen and oxygen atoms in total. The third-order valence-corrected chi connectivity index (χ3v) is 1.74. The highest BCUT2D eigenvalue weighted by molar-refractivity contribution is 5.85. The van der Waals surface area contributed by atoms with Crippen LogP contribution in [0.15, 0.2) is 6.20 Å². The van der Waals surface area contributed by atoms with Gasteiger partial charge in [-0.2, -0.15) is 18.3 Å². The van der Waals surface area contributed by atoms with E-state index in [-0.39, 0.29) is 6.20 Å². The van der Waals surface area contributed by atoms with E-state index >= 15 is 0 Å². The van der Waals surface area contributed by atoms with Gasteiger partial charge in [0.1, 0.15) is 0 Å². The van der Waals surface area contributed by atoms with Crippen molar-refractivity contribution >= 4 is 5.97 Å². The molecule has 0 saturated carbocycles. The van der Waals surface area contributed by atoms with E-state index in [1.165, 1.54) is 0 Å². The lowest BCUT2D eigenvalue weighted by atomic mass is 10.3. The molecule has 0 saturated heterocycles. The van der Waals surface area contributed by atoms with Crippen molar-refractivity contribution in [2.75, 3.05) is 0 Å². The van der Waals surface area contributed by atoms with Crippen molar-refractivity contribution in [3.8, 4) is 0 Å². The Labute approximate surface area is 89.4 Å². The van der Waals surface area contributed by atoms with Crippen LogP contribution < -0.4 is 0 Å². The van der Waals surface area contributed by atoms with Gasteiger partial charge in [0.05, 0.1) is 6.20 Å². The lowest BCUT2D eigenvalue weighted by Gasteiger charge is -2.17. The van der Waals surface area contributed by atoms with Crippen LogP contribution in [0.4, 0.5) is 26.3 Å². The summed E-state index contributed by atoms with van der Waals surface area (Å²) in [6.07, 6.45) is -12.8. The van der Waals surface area contributed by atoms with Gasteiger partial charge in [-0.1, -0.05) is 0 Å². The SMILES string of the molecule is O=C(O)c1c(F)cnn1C(F)C(F)C(F)(F)F. The molecule has 0 fully saturated rings. The van der Waals surface area contributed by atoms with Gasteiger partial charge in [0.15, 0.2) is 11.5 Å². The average molecular weight is 262 g/mol. The fourth-order valence-corrected chi connectivity index (χ4v) is 1.01. The van der Waals surface area contributed by atoms with Crippen molar-refractivity contribution in [1.82, 2.24) is 9.78 Å². The van der Waals surface area contributed by atoms with Crippen LogP contribution >= 0.6 is 0 Å². The zero-order chi connectivity index (χ0) is 13.4. The minimum absolute atomic E-state index is 0.180. The number of carboxylic acid groups (broad SMARTS) is 1. The van der Waals surface area contributed by atoms with E-state index in [4.69, 9.17) is 5.11 Å². The lowest BCUT2D eigenvalue weighted by Crippen LogP contribution is -2.33. The van der Waals surface area contributed by atoms with E-state index in [9.17, 15) is 31.1 Å². The number of carboxylic acids is 1. The first kappa shape index (κ1) is 13.3. The van der Waals surface area contributed by atoms with Gasteiger partial charge in [0, 0.05) is 0 Å². The quantitative estimate of drug-likeness (QED) is 0.848. The van der Waals surface area contributed by atoms with Crippen LogP contribution in [-0.4, -0.2) is 33.2 Å². The van der Waals surface area contributed by atoms with Crippen LogP contribution in [0.5, 0.6) is 0 Å². The third-order valence-electron chi connectivity index (χ3n) is 1.74. The monoisotopic (exact) mass is 262 g/mol. The summed E-state index contributed by atoms with van der Waals surface area (Å²) in [6.45, 7) is 0. The van der Waals surface area contributed by atoms with Crippen molar-refractivity contribution in [2.45, 2.75) is 18.6 Å². The minimum atomic E-state index is -5.54. The van der Waals surface area contributed by atoms with E-state index in [1.807, 2.05) is 0 Å². The Kier molecular flexibility index (Phi) is 3.34. The minimum Gasteiger partial charge on any atom is -0.476 e. The number of hydrogen-bond acceptors (Lipinski definition) is 2. The van der Waals surface area contributed by atoms with Crippen LogP contribution in [0.3, 0.4) is 0 Å². The molecule has 1 heterocycles. The molecule has 0 aliphatic heterocycles. The Bertz CT molecular complexity index is 428. The van der Waals surface area contributed by atoms with Crippen LogP contribution in [0.25, 0.3) is 0 Å². The number of aromatic carboxylic acids is 1. The maximum Gasteiger partial charge on any atom is 0.424 e. The van der Waals surface area contributed by atoms with Crippen LogP contribution in [0.1, 0.15) is 16.8 Å². The molecule has 1 rings (SSSR count). The largest absolute Gasteiger partial charge is 0.476 e. The fourth-order valence-electron chi connectivity index (χ4n) is 1.01. The maximum atomic E-state index is 13.0. The highest BCUT2D eigenvalue weighted by Crippen LogP contribution is 2.32. The molecule has 1 aromatic rings. The summed E-state index contributed by atoms with van der Waals surface area (Å²) in [7, 11) is 0. The van der Waals surface area contributed by atoms with Crippen LogP contribution in [0, 0.1) is 5.82 Å². The summed E-state index contributed by atoms with van der Waals surface area (Å²) in [5, 5.41) is 11.1. The number of aromatic nitrogens is 2. The van der Waals surface area contributed by atoms with Gasteiger partial charge in [-0.05, 0) is 0 Å². The predicted octanol–water partition coefficient (Wildman–Crippen LogP) is 2.09. The van der Waals surface area contributed by atoms with E-state index in [0.717, 1.165) is 0 Å². The Morgan fingerprint density at radius 2 is 1.94 bits per heavy atom. The Hall–Kier alpha value is -1.74. The first-order valence-electron chi connectivity index (χ1n) is 3.97. The number of carbonyl (C=O) groups is 1. The van der Waals surface area contributed by atoms with E-state index in [0.29, 0.717) is 0 Å². The van der Waals surface area contributed by atoms with Crippen molar-refractivity contribution in [3.63, 3.8) is 0 Å². The molecule has 0 radical (unpaired) electrons. The number of alkyl halides is 5. The second kappa shape index (κ2) is 4.26. The van der Waals surface area contributed by atoms with E-state index < -0.39 is 40.8 Å². The number of halogens is 6. The zero-order valence-corrected chi connectivity index (χ0v) is 7.75. The molecule has 0 spiro atoms.